The molecule has 1 N–H and O–H groups in total. The molecule has 0 aromatic carbocycles. The fourth-order valence-electron chi connectivity index (χ4n) is 1.89. The van der Waals surface area contributed by atoms with Crippen molar-refractivity contribution in [3.8, 4) is 0 Å². The normalized spacial score (nSPS) is 14.6. The Labute approximate surface area is 104 Å². The molecular weight excluding hydrogens is 214 g/mol. The summed E-state index contributed by atoms with van der Waals surface area (Å²) in [6, 6.07) is 0. The largest absolute Gasteiger partial charge is 0.356 e. The predicted molar refractivity (Wildman–Crippen MR) is 68.7 cm³/mol. The molecule has 17 heavy (non-hydrogen) atoms. The maximum atomic E-state index is 11.4. The number of carbonyl (C=O) groups is 2. The van der Waals surface area contributed by atoms with E-state index in [1.54, 1.807) is 0 Å². The van der Waals surface area contributed by atoms with E-state index in [0.717, 1.165) is 25.8 Å². The Morgan fingerprint density at radius 3 is 2.41 bits per heavy atom. The summed E-state index contributed by atoms with van der Waals surface area (Å²) in [6.07, 6.45) is 8.93. The van der Waals surface area contributed by atoms with Gasteiger partial charge < -0.3 is 5.32 Å². The molecule has 0 atom stereocenters. The van der Waals surface area contributed by atoms with Crippen molar-refractivity contribution in [3.63, 3.8) is 0 Å². The van der Waals surface area contributed by atoms with Crippen LogP contribution in [0.5, 0.6) is 0 Å². The molecule has 1 amide bonds. The Hall–Kier alpha value is -0.860. The molecule has 0 heterocycles. The summed E-state index contributed by atoms with van der Waals surface area (Å²) in [5.41, 5.74) is 0. The number of hydrogen-bond acceptors (Lipinski definition) is 2. The van der Waals surface area contributed by atoms with E-state index >= 15 is 0 Å². The summed E-state index contributed by atoms with van der Waals surface area (Å²) in [6.45, 7) is 2.96. The average Bonchev–Trinajstić information content (AvgIpc) is 3.14. The van der Waals surface area contributed by atoms with Crippen LogP contribution in [-0.4, -0.2) is 18.2 Å². The number of carbonyl (C=O) groups excluding carboxylic acids is 2. The number of hydrogen-bond donors (Lipinski definition) is 1. The third-order valence-corrected chi connectivity index (χ3v) is 3.23. The summed E-state index contributed by atoms with van der Waals surface area (Å²) in [5.74, 6) is 0.606. The van der Waals surface area contributed by atoms with Crippen molar-refractivity contribution in [1.82, 2.24) is 5.32 Å². The predicted octanol–water partition coefficient (Wildman–Crippen LogP) is 2.83. The fraction of sp³-hybridized carbons (Fsp3) is 0.857. The van der Waals surface area contributed by atoms with Crippen LogP contribution in [0.3, 0.4) is 0 Å². The molecular formula is C14H25NO2. The zero-order valence-corrected chi connectivity index (χ0v) is 11.0. The molecule has 1 aliphatic carbocycles. The van der Waals surface area contributed by atoms with Crippen LogP contribution in [0, 0.1) is 5.92 Å². The molecule has 0 saturated heterocycles. The standard InChI is InChI=1S/C14H25NO2/c1-2-3-4-5-6-11-15-14(17)10-9-13(16)12-7-8-12/h12H,2-11H2,1H3,(H,15,17). The monoisotopic (exact) mass is 239 g/mol. The van der Waals surface area contributed by atoms with Crippen molar-refractivity contribution in [2.24, 2.45) is 5.92 Å². The van der Waals surface area contributed by atoms with Gasteiger partial charge >= 0.3 is 0 Å². The molecule has 1 aliphatic rings. The lowest BCUT2D eigenvalue weighted by atomic mass is 10.1. The van der Waals surface area contributed by atoms with Crippen LogP contribution >= 0.6 is 0 Å². The highest BCUT2D eigenvalue weighted by molar-refractivity contribution is 5.87. The number of Topliss-reactive ketones (excluding diaryl/α,β-unsaturated/α-hetero) is 1. The van der Waals surface area contributed by atoms with Gasteiger partial charge in [-0.2, -0.15) is 0 Å². The second-order valence-corrected chi connectivity index (χ2v) is 5.00. The molecule has 0 aromatic rings. The highest BCUT2D eigenvalue weighted by Gasteiger charge is 2.29. The summed E-state index contributed by atoms with van der Waals surface area (Å²) in [5, 5.41) is 2.88. The average molecular weight is 239 g/mol. The second-order valence-electron chi connectivity index (χ2n) is 5.00. The summed E-state index contributed by atoms with van der Waals surface area (Å²) < 4.78 is 0. The minimum atomic E-state index is 0.0366. The Balaban J connectivity index is 1.88. The molecule has 3 heteroatoms. The first kappa shape index (κ1) is 14.2. The van der Waals surface area contributed by atoms with Gasteiger partial charge in [0.1, 0.15) is 5.78 Å². The molecule has 0 aromatic heterocycles. The van der Waals surface area contributed by atoms with Crippen LogP contribution in [0.4, 0.5) is 0 Å². The molecule has 1 fully saturated rings. The smallest absolute Gasteiger partial charge is 0.220 e. The van der Waals surface area contributed by atoms with Crippen molar-refractivity contribution >= 4 is 11.7 Å². The van der Waals surface area contributed by atoms with Crippen LogP contribution in [0.1, 0.15) is 64.7 Å². The topological polar surface area (TPSA) is 46.2 Å². The van der Waals surface area contributed by atoms with Gasteiger partial charge in [0.25, 0.3) is 0 Å². The lowest BCUT2D eigenvalue weighted by molar-refractivity contribution is -0.126. The minimum Gasteiger partial charge on any atom is -0.356 e. The number of nitrogens with one attached hydrogen (secondary N) is 1. The lowest BCUT2D eigenvalue weighted by Gasteiger charge is -2.04. The second kappa shape index (κ2) is 8.26. The molecule has 0 radical (unpaired) electrons. The van der Waals surface area contributed by atoms with E-state index in [9.17, 15) is 9.59 Å². The van der Waals surface area contributed by atoms with Crippen LogP contribution in [0.25, 0.3) is 0 Å². The zero-order chi connectivity index (χ0) is 12.5. The van der Waals surface area contributed by atoms with Crippen LogP contribution in [0.2, 0.25) is 0 Å². The van der Waals surface area contributed by atoms with Gasteiger partial charge in [-0.25, -0.2) is 0 Å². The van der Waals surface area contributed by atoms with Crippen LogP contribution in [0.15, 0.2) is 0 Å². The third kappa shape index (κ3) is 7.14. The van der Waals surface area contributed by atoms with Gasteiger partial charge in [0, 0.05) is 25.3 Å². The first-order valence-electron chi connectivity index (χ1n) is 7.03. The Morgan fingerprint density at radius 1 is 1.06 bits per heavy atom. The van der Waals surface area contributed by atoms with Crippen LogP contribution < -0.4 is 5.32 Å². The van der Waals surface area contributed by atoms with E-state index < -0.39 is 0 Å². The van der Waals surface area contributed by atoms with E-state index in [0.29, 0.717) is 12.8 Å². The van der Waals surface area contributed by atoms with Gasteiger partial charge in [0.2, 0.25) is 5.91 Å². The van der Waals surface area contributed by atoms with Gasteiger partial charge in [-0.15, -0.1) is 0 Å². The van der Waals surface area contributed by atoms with E-state index in [1.807, 2.05) is 0 Å². The number of ketones is 1. The van der Waals surface area contributed by atoms with Crippen molar-refractivity contribution in [2.75, 3.05) is 6.54 Å². The molecule has 3 nitrogen and oxygen atoms in total. The molecule has 0 spiro atoms. The SMILES string of the molecule is CCCCCCCNC(=O)CCC(=O)C1CC1. The summed E-state index contributed by atoms with van der Waals surface area (Å²) in [4.78, 5) is 22.8. The number of rotatable bonds is 10. The Kier molecular flexibility index (Phi) is 6.90. The van der Waals surface area contributed by atoms with Crippen molar-refractivity contribution in [3.05, 3.63) is 0 Å². The molecule has 0 unspecified atom stereocenters. The molecule has 1 rings (SSSR count). The van der Waals surface area contributed by atoms with E-state index in [4.69, 9.17) is 0 Å². The quantitative estimate of drug-likeness (QED) is 0.596. The highest BCUT2D eigenvalue weighted by atomic mass is 16.2. The molecule has 0 aliphatic heterocycles. The van der Waals surface area contributed by atoms with Gasteiger partial charge in [-0.05, 0) is 19.3 Å². The van der Waals surface area contributed by atoms with E-state index in [1.165, 1.54) is 25.7 Å². The lowest BCUT2D eigenvalue weighted by Crippen LogP contribution is -2.24. The first-order valence-corrected chi connectivity index (χ1v) is 7.03. The molecule has 1 saturated carbocycles. The van der Waals surface area contributed by atoms with Crippen LogP contribution in [-0.2, 0) is 9.59 Å². The van der Waals surface area contributed by atoms with Crippen molar-refractivity contribution in [1.29, 1.82) is 0 Å². The third-order valence-electron chi connectivity index (χ3n) is 3.23. The highest BCUT2D eigenvalue weighted by Crippen LogP contribution is 2.31. The van der Waals surface area contributed by atoms with Crippen molar-refractivity contribution in [2.45, 2.75) is 64.7 Å². The van der Waals surface area contributed by atoms with Gasteiger partial charge in [0.05, 0.1) is 0 Å². The van der Waals surface area contributed by atoms with Gasteiger partial charge in [0.15, 0.2) is 0 Å². The fourth-order valence-corrected chi connectivity index (χ4v) is 1.89. The van der Waals surface area contributed by atoms with E-state index in [-0.39, 0.29) is 17.6 Å². The van der Waals surface area contributed by atoms with Gasteiger partial charge in [-0.1, -0.05) is 32.6 Å². The maximum absolute atomic E-state index is 11.4. The first-order chi connectivity index (χ1) is 8.24. The maximum Gasteiger partial charge on any atom is 0.220 e. The molecule has 0 bridgehead atoms. The van der Waals surface area contributed by atoms with Crippen molar-refractivity contribution < 1.29 is 9.59 Å². The minimum absolute atomic E-state index is 0.0366. The molecule has 98 valence electrons. The summed E-state index contributed by atoms with van der Waals surface area (Å²) in [7, 11) is 0. The van der Waals surface area contributed by atoms with E-state index in [2.05, 4.69) is 12.2 Å². The zero-order valence-electron chi connectivity index (χ0n) is 11.0. The number of unbranched alkanes of at least 4 members (excludes halogenated alkanes) is 4. The number of amides is 1. The Morgan fingerprint density at radius 2 is 1.76 bits per heavy atom. The summed E-state index contributed by atoms with van der Waals surface area (Å²) >= 11 is 0. The Bertz CT molecular complexity index is 247. The van der Waals surface area contributed by atoms with Gasteiger partial charge in [-0.3, -0.25) is 9.59 Å².